The van der Waals surface area contributed by atoms with E-state index < -0.39 is 28.8 Å². The van der Waals surface area contributed by atoms with Crippen molar-refractivity contribution in [1.82, 2.24) is 19.3 Å². The fourth-order valence-corrected chi connectivity index (χ4v) is 5.43. The Labute approximate surface area is 258 Å². The Morgan fingerprint density at radius 1 is 1.02 bits per heavy atom. The Balaban J connectivity index is 1.53. The first-order chi connectivity index (χ1) is 21.4. The Hall–Kier alpha value is -5.31. The van der Waals surface area contributed by atoms with Gasteiger partial charge in [0.1, 0.15) is 17.3 Å². The maximum absolute atomic E-state index is 16.5. The molecular weight excluding hydrogens is 608 g/mol. The second-order valence-electron chi connectivity index (χ2n) is 9.39. The molecule has 0 radical (unpaired) electrons. The van der Waals surface area contributed by atoms with Gasteiger partial charge in [0, 0.05) is 22.2 Å². The summed E-state index contributed by atoms with van der Waals surface area (Å²) in [4.78, 5) is 32.1. The van der Waals surface area contributed by atoms with Crippen molar-refractivity contribution in [2.45, 2.75) is 13.1 Å². The van der Waals surface area contributed by atoms with Crippen LogP contribution in [0, 0.1) is 23.5 Å². The van der Waals surface area contributed by atoms with Gasteiger partial charge in [0.25, 0.3) is 11.5 Å². The van der Waals surface area contributed by atoms with E-state index in [2.05, 4.69) is 27.2 Å². The van der Waals surface area contributed by atoms with Crippen molar-refractivity contribution in [3.8, 4) is 23.1 Å². The maximum atomic E-state index is 16.5. The van der Waals surface area contributed by atoms with Gasteiger partial charge in [-0.05, 0) is 42.5 Å². The second-order valence-corrected chi connectivity index (χ2v) is 11.2. The third-order valence-corrected chi connectivity index (χ3v) is 7.74. The van der Waals surface area contributed by atoms with E-state index in [1.165, 1.54) is 52.9 Å². The van der Waals surface area contributed by atoms with Gasteiger partial charge in [0.2, 0.25) is 0 Å². The standard InChI is InChI=1S/C32H20ClF2N5O3S/c33-26-13-12-23(44-26)17-37-30-28(35)29(38-40(30)31(41)24-8-4-5-9-25(24)34)27-21(11-10-20-6-2-1-3-7-20)14-15-39(32(27)42)18-22-16-36-19-43-22/h1-9,12-16,19,37H,17-18H2. The Bertz CT molecular complexity index is 2090. The largest absolute Gasteiger partial charge is 0.447 e. The number of pyridine rings is 1. The summed E-state index contributed by atoms with van der Waals surface area (Å²) < 4.78 is 39.0. The first-order valence-electron chi connectivity index (χ1n) is 13.1. The number of carbonyl (C=O) groups is 1. The molecule has 6 rings (SSSR count). The molecule has 0 unspecified atom stereocenters. The van der Waals surface area contributed by atoms with E-state index in [-0.39, 0.29) is 35.6 Å². The van der Waals surface area contributed by atoms with Crippen molar-refractivity contribution in [3.63, 3.8) is 0 Å². The Morgan fingerprint density at radius 3 is 2.55 bits per heavy atom. The summed E-state index contributed by atoms with van der Waals surface area (Å²) in [5.74, 6) is 3.22. The van der Waals surface area contributed by atoms with Crippen molar-refractivity contribution >= 4 is 34.7 Å². The SMILES string of the molecule is O=C(c1ccccc1F)n1nc(-c2c(C#Cc3ccccc3)ccn(Cc3cnco3)c2=O)c(F)c1NCc1ccc(Cl)s1. The van der Waals surface area contributed by atoms with Gasteiger partial charge >= 0.3 is 0 Å². The predicted molar refractivity (Wildman–Crippen MR) is 163 cm³/mol. The van der Waals surface area contributed by atoms with Gasteiger partial charge in [-0.15, -0.1) is 11.3 Å². The first kappa shape index (κ1) is 28.8. The van der Waals surface area contributed by atoms with E-state index in [9.17, 15) is 14.0 Å². The smallest absolute Gasteiger partial charge is 0.283 e. The lowest BCUT2D eigenvalue weighted by Crippen LogP contribution is -2.23. The molecule has 0 amide bonds. The van der Waals surface area contributed by atoms with Crippen LogP contribution in [-0.2, 0) is 13.1 Å². The summed E-state index contributed by atoms with van der Waals surface area (Å²) in [6, 6.07) is 19.3. The fraction of sp³-hybridized carbons (Fsp3) is 0.0625. The summed E-state index contributed by atoms with van der Waals surface area (Å²) in [5, 5.41) is 7.14. The van der Waals surface area contributed by atoms with Crippen LogP contribution in [0.4, 0.5) is 14.6 Å². The highest BCUT2D eigenvalue weighted by molar-refractivity contribution is 7.16. The van der Waals surface area contributed by atoms with E-state index in [0.29, 0.717) is 15.7 Å². The molecule has 2 aromatic carbocycles. The molecule has 0 bridgehead atoms. The molecule has 44 heavy (non-hydrogen) atoms. The van der Waals surface area contributed by atoms with Crippen LogP contribution in [0.25, 0.3) is 11.3 Å². The molecule has 6 aromatic rings. The number of halogens is 3. The topological polar surface area (TPSA) is 94.9 Å². The number of benzene rings is 2. The summed E-state index contributed by atoms with van der Waals surface area (Å²) in [6.07, 6.45) is 4.19. The van der Waals surface area contributed by atoms with E-state index in [4.69, 9.17) is 16.0 Å². The van der Waals surface area contributed by atoms with Crippen LogP contribution in [0.3, 0.4) is 0 Å². The van der Waals surface area contributed by atoms with Crippen molar-refractivity contribution in [3.05, 3.63) is 145 Å². The molecule has 0 fully saturated rings. The van der Waals surface area contributed by atoms with Crippen LogP contribution >= 0.6 is 22.9 Å². The zero-order chi connectivity index (χ0) is 30.6. The first-order valence-corrected chi connectivity index (χ1v) is 14.3. The van der Waals surface area contributed by atoms with E-state index in [1.54, 1.807) is 30.3 Å². The van der Waals surface area contributed by atoms with Gasteiger partial charge in [0.15, 0.2) is 18.0 Å². The number of hydrogen-bond acceptors (Lipinski definition) is 7. The van der Waals surface area contributed by atoms with E-state index in [1.807, 2.05) is 18.2 Å². The zero-order valence-electron chi connectivity index (χ0n) is 22.6. The molecule has 0 saturated heterocycles. The maximum Gasteiger partial charge on any atom is 0.283 e. The van der Waals surface area contributed by atoms with Crippen LogP contribution in [0.2, 0.25) is 4.34 Å². The molecule has 0 aliphatic rings. The lowest BCUT2D eigenvalue weighted by Gasteiger charge is -2.08. The molecule has 4 heterocycles. The third kappa shape index (κ3) is 5.94. The highest BCUT2D eigenvalue weighted by Crippen LogP contribution is 2.30. The molecule has 0 aliphatic heterocycles. The number of nitrogens with one attached hydrogen (secondary N) is 1. The predicted octanol–water partition coefficient (Wildman–Crippen LogP) is 6.44. The second kappa shape index (κ2) is 12.5. The summed E-state index contributed by atoms with van der Waals surface area (Å²) in [7, 11) is 0. The average Bonchev–Trinajstić information content (AvgIpc) is 3.77. The quantitative estimate of drug-likeness (QED) is 0.205. The summed E-state index contributed by atoms with van der Waals surface area (Å²) in [6.45, 7) is 0.0775. The molecular formula is C32H20ClF2N5O3S. The van der Waals surface area contributed by atoms with Crippen LogP contribution in [0.15, 0.2) is 101 Å². The zero-order valence-corrected chi connectivity index (χ0v) is 24.2. The van der Waals surface area contributed by atoms with Crippen molar-refractivity contribution in [1.29, 1.82) is 0 Å². The minimum Gasteiger partial charge on any atom is -0.447 e. The van der Waals surface area contributed by atoms with Gasteiger partial charge in [-0.1, -0.05) is 53.8 Å². The van der Waals surface area contributed by atoms with Gasteiger partial charge in [-0.3, -0.25) is 9.59 Å². The number of carbonyl (C=O) groups excluding carboxylic acids is 1. The summed E-state index contributed by atoms with van der Waals surface area (Å²) >= 11 is 7.32. The molecule has 4 aromatic heterocycles. The van der Waals surface area contributed by atoms with Gasteiger partial charge in [0.05, 0.1) is 34.7 Å². The Kier molecular flexibility index (Phi) is 8.18. The molecule has 1 N–H and O–H groups in total. The highest BCUT2D eigenvalue weighted by atomic mass is 35.5. The highest BCUT2D eigenvalue weighted by Gasteiger charge is 2.28. The van der Waals surface area contributed by atoms with Crippen LogP contribution in [0.1, 0.15) is 32.1 Å². The summed E-state index contributed by atoms with van der Waals surface area (Å²) in [5.41, 5.74) is -0.748. The van der Waals surface area contributed by atoms with Gasteiger partial charge in [-0.2, -0.15) is 9.78 Å². The molecule has 0 spiro atoms. The molecule has 8 nitrogen and oxygen atoms in total. The van der Waals surface area contributed by atoms with Crippen molar-refractivity contribution in [2.24, 2.45) is 0 Å². The van der Waals surface area contributed by atoms with E-state index >= 15 is 4.39 Å². The number of oxazole rings is 1. The number of aromatic nitrogens is 4. The molecule has 218 valence electrons. The van der Waals surface area contributed by atoms with E-state index in [0.717, 1.165) is 15.6 Å². The molecule has 0 atom stereocenters. The van der Waals surface area contributed by atoms with Crippen molar-refractivity contribution in [2.75, 3.05) is 5.32 Å². The number of nitrogens with zero attached hydrogens (tertiary/aromatic N) is 4. The molecule has 0 saturated carbocycles. The molecule has 12 heteroatoms. The molecule has 0 aliphatic carbocycles. The van der Waals surface area contributed by atoms with Crippen LogP contribution < -0.4 is 10.9 Å². The lowest BCUT2D eigenvalue weighted by molar-refractivity contribution is 0.0943. The normalized spacial score (nSPS) is 10.8. The monoisotopic (exact) mass is 627 g/mol. The number of anilines is 1. The number of rotatable bonds is 7. The van der Waals surface area contributed by atoms with Gasteiger partial charge < -0.3 is 14.3 Å². The van der Waals surface area contributed by atoms with Crippen molar-refractivity contribution < 1.29 is 18.0 Å². The number of hydrogen-bond donors (Lipinski definition) is 1. The Morgan fingerprint density at radius 2 is 1.82 bits per heavy atom. The van der Waals surface area contributed by atoms with Crippen LogP contribution in [-0.4, -0.2) is 25.2 Å². The minimum absolute atomic E-state index is 0.00104. The van der Waals surface area contributed by atoms with Crippen LogP contribution in [0.5, 0.6) is 0 Å². The lowest BCUT2D eigenvalue weighted by atomic mass is 10.1. The third-order valence-electron chi connectivity index (χ3n) is 6.51. The fourth-order valence-electron chi connectivity index (χ4n) is 4.41. The number of thiophene rings is 1. The minimum atomic E-state index is -0.991. The van der Waals surface area contributed by atoms with Gasteiger partial charge in [-0.25, -0.2) is 13.8 Å². The average molecular weight is 628 g/mol.